The van der Waals surface area contributed by atoms with Gasteiger partial charge in [-0.3, -0.25) is 9.51 Å². The largest absolute Gasteiger partial charge is 0.493 e. The molecular formula is C34H36F4N9O6P. The minimum absolute atomic E-state index is 0.109. The van der Waals surface area contributed by atoms with Crippen molar-refractivity contribution < 1.29 is 46.1 Å². The molecule has 3 aliphatic rings. The number of pyridine rings is 2. The van der Waals surface area contributed by atoms with Crippen LogP contribution in [-0.4, -0.2) is 60.3 Å². The summed E-state index contributed by atoms with van der Waals surface area (Å²) in [6.45, 7) is 9.73. The lowest BCUT2D eigenvalue weighted by atomic mass is 9.50. The number of phosphoric acid groups is 1. The van der Waals surface area contributed by atoms with Crippen molar-refractivity contribution in [3.63, 3.8) is 0 Å². The number of carboxylic acid groups (broad SMARTS) is 1. The van der Waals surface area contributed by atoms with Gasteiger partial charge < -0.3 is 15.3 Å². The quantitative estimate of drug-likeness (QED) is 0.0665. The van der Waals surface area contributed by atoms with Crippen LogP contribution in [0.3, 0.4) is 0 Å². The zero-order valence-corrected chi connectivity index (χ0v) is 30.8. The van der Waals surface area contributed by atoms with Crippen molar-refractivity contribution in [2.24, 2.45) is 11.3 Å². The van der Waals surface area contributed by atoms with Gasteiger partial charge in [-0.15, -0.1) is 5.10 Å². The SMILES string of the molecule is COP(=O)(O)ON(c1cc(C#N)c2ncc(C#N)c(N[C@H](C)C(C)(C)C)c2c1)[C@H](c1cn(C23CC(C2)C3)nn1)c1ccc(F)nc1C.O=C(O)C(F)(F)F. The van der Waals surface area contributed by atoms with Crippen LogP contribution in [0.15, 0.2) is 36.7 Å². The number of aromatic nitrogens is 5. The first-order valence-electron chi connectivity index (χ1n) is 16.4. The van der Waals surface area contributed by atoms with E-state index in [-0.39, 0.29) is 39.5 Å². The Bertz CT molecular complexity index is 2210. The summed E-state index contributed by atoms with van der Waals surface area (Å²) >= 11 is 0. The number of carboxylic acids is 1. The van der Waals surface area contributed by atoms with Gasteiger partial charge in [0, 0.05) is 36.0 Å². The van der Waals surface area contributed by atoms with Crippen LogP contribution < -0.4 is 10.4 Å². The van der Waals surface area contributed by atoms with Gasteiger partial charge in [0.15, 0.2) is 0 Å². The fraction of sp³-hybridized carbons (Fsp3) is 0.441. The molecule has 3 aliphatic carbocycles. The van der Waals surface area contributed by atoms with Crippen molar-refractivity contribution in [1.29, 1.82) is 10.5 Å². The summed E-state index contributed by atoms with van der Waals surface area (Å²) in [4.78, 5) is 28.0. The summed E-state index contributed by atoms with van der Waals surface area (Å²) in [5.41, 5.74) is 1.88. The van der Waals surface area contributed by atoms with Crippen LogP contribution in [0, 0.1) is 46.9 Å². The number of phosphoric ester groups is 1. The zero-order valence-electron chi connectivity index (χ0n) is 29.9. The predicted molar refractivity (Wildman–Crippen MR) is 184 cm³/mol. The summed E-state index contributed by atoms with van der Waals surface area (Å²) in [5, 5.41) is 41.3. The molecule has 0 saturated heterocycles. The van der Waals surface area contributed by atoms with Crippen molar-refractivity contribution in [2.45, 2.75) is 77.7 Å². The highest BCUT2D eigenvalue weighted by Gasteiger charge is 2.59. The Kier molecular flexibility index (Phi) is 10.8. The maximum atomic E-state index is 14.3. The van der Waals surface area contributed by atoms with Crippen LogP contribution in [0.1, 0.15) is 81.1 Å². The Hall–Kier alpha value is -5.20. The number of nitriles is 2. The molecule has 15 nitrogen and oxygen atoms in total. The lowest BCUT2D eigenvalue weighted by Gasteiger charge is -2.61. The van der Waals surface area contributed by atoms with Gasteiger partial charge in [0.25, 0.3) is 0 Å². The van der Waals surface area contributed by atoms with Crippen molar-refractivity contribution in [3.8, 4) is 12.1 Å². The van der Waals surface area contributed by atoms with Crippen LogP contribution >= 0.6 is 7.82 Å². The van der Waals surface area contributed by atoms with Crippen LogP contribution in [0.2, 0.25) is 0 Å². The lowest BCUT2D eigenvalue weighted by molar-refractivity contribution is -0.192. The van der Waals surface area contributed by atoms with E-state index in [1.807, 2.05) is 11.6 Å². The van der Waals surface area contributed by atoms with Gasteiger partial charge in [-0.1, -0.05) is 32.1 Å². The number of carbonyl (C=O) groups is 1. The number of aliphatic carboxylic acids is 1. The maximum absolute atomic E-state index is 14.3. The molecule has 3 atom stereocenters. The number of nitrogens with zero attached hydrogens (tertiary/aromatic N) is 8. The van der Waals surface area contributed by atoms with E-state index in [2.05, 4.69) is 58.5 Å². The summed E-state index contributed by atoms with van der Waals surface area (Å²) in [7, 11) is -3.75. The standard InChI is InChI=1S/C32H35FN9O4P.C2HF3O2/c1-18-24(7-8-27(33)37-18)30(26-17-41(40-39-26)32-11-20(12-32)13-32)42(46-47(43,44)45-6)23-9-21(14-34)28-25(10-23)29(22(15-35)16-36-28)38-19(2)31(3,4)5;3-2(4,5)1(6)7/h7-10,16-17,19-20,30H,11-13H2,1-6H3,(H,36,38)(H,43,44);(H,6,7)/t19-,20?,30+,32?;/m1./s1. The van der Waals surface area contributed by atoms with Gasteiger partial charge in [0.2, 0.25) is 5.95 Å². The van der Waals surface area contributed by atoms with Crippen molar-refractivity contribution in [1.82, 2.24) is 25.0 Å². The smallest absolute Gasteiger partial charge is 0.475 e. The molecular weight excluding hydrogens is 737 g/mol. The van der Waals surface area contributed by atoms with E-state index < -0.39 is 32.0 Å². The average Bonchev–Trinajstić information content (AvgIpc) is 3.51. The third-order valence-corrected chi connectivity index (χ3v) is 10.5. The van der Waals surface area contributed by atoms with Crippen LogP contribution in [-0.2, 0) is 24.0 Å². The van der Waals surface area contributed by atoms with Crippen LogP contribution in [0.25, 0.3) is 10.9 Å². The van der Waals surface area contributed by atoms with E-state index in [1.165, 1.54) is 24.4 Å². The molecule has 0 spiro atoms. The number of anilines is 2. The summed E-state index contributed by atoms with van der Waals surface area (Å²) in [5.74, 6) is -2.80. The second kappa shape index (κ2) is 14.6. The monoisotopic (exact) mass is 773 g/mol. The second-order valence-corrected chi connectivity index (χ2v) is 15.7. The minimum Gasteiger partial charge on any atom is -0.475 e. The van der Waals surface area contributed by atoms with Gasteiger partial charge in [-0.05, 0) is 62.6 Å². The molecule has 3 N–H and O–H groups in total. The van der Waals surface area contributed by atoms with Crippen molar-refractivity contribution in [2.75, 3.05) is 17.5 Å². The zero-order chi connectivity index (χ0) is 40.0. The Balaban J connectivity index is 0.000000730. The van der Waals surface area contributed by atoms with Gasteiger partial charge in [-0.25, -0.2) is 24.1 Å². The van der Waals surface area contributed by atoms with Crippen molar-refractivity contribution in [3.05, 3.63) is 70.7 Å². The van der Waals surface area contributed by atoms with E-state index >= 15 is 0 Å². The highest BCUT2D eigenvalue weighted by atomic mass is 31.2. The van der Waals surface area contributed by atoms with Crippen molar-refractivity contribution >= 4 is 36.1 Å². The molecule has 0 radical (unpaired) electrons. The number of hydrogen-bond donors (Lipinski definition) is 3. The molecule has 3 fully saturated rings. The average molecular weight is 774 g/mol. The number of fused-ring (bicyclic) bond motifs is 1. The molecule has 0 aliphatic heterocycles. The first-order chi connectivity index (χ1) is 25.1. The third kappa shape index (κ3) is 8.00. The number of nitrogens with one attached hydrogen (secondary N) is 1. The number of hydrogen-bond acceptors (Lipinski definition) is 12. The third-order valence-electron chi connectivity index (χ3n) is 9.68. The Morgan fingerprint density at radius 2 is 1.80 bits per heavy atom. The number of alkyl halides is 3. The summed E-state index contributed by atoms with van der Waals surface area (Å²) in [6.07, 6.45) is 1.04. The van der Waals surface area contributed by atoms with Gasteiger partial charge in [0.1, 0.15) is 23.9 Å². The molecule has 286 valence electrons. The summed E-state index contributed by atoms with van der Waals surface area (Å²) < 4.78 is 71.6. The number of aryl methyl sites for hydroxylation is 1. The Morgan fingerprint density at radius 3 is 2.30 bits per heavy atom. The Labute approximate surface area is 306 Å². The first-order valence-corrected chi connectivity index (χ1v) is 17.9. The molecule has 54 heavy (non-hydrogen) atoms. The van der Waals surface area contributed by atoms with Gasteiger partial charge in [0.05, 0.1) is 39.8 Å². The second-order valence-electron chi connectivity index (χ2n) is 14.3. The highest BCUT2D eigenvalue weighted by molar-refractivity contribution is 7.47. The molecule has 3 saturated carbocycles. The van der Waals surface area contributed by atoms with Crippen LogP contribution in [0.4, 0.5) is 28.9 Å². The normalized spacial score (nSPS) is 19.8. The van der Waals surface area contributed by atoms with E-state index in [4.69, 9.17) is 19.0 Å². The van der Waals surface area contributed by atoms with Gasteiger partial charge in [-0.2, -0.15) is 32.7 Å². The van der Waals surface area contributed by atoms with E-state index in [1.54, 1.807) is 19.2 Å². The fourth-order valence-electron chi connectivity index (χ4n) is 6.14. The van der Waals surface area contributed by atoms with E-state index in [0.29, 0.717) is 33.8 Å². The molecule has 20 heteroatoms. The molecule has 1 unspecified atom stereocenters. The number of rotatable bonds is 10. The minimum atomic E-state index is -5.08. The maximum Gasteiger partial charge on any atom is 0.493 e. The molecule has 0 amide bonds. The number of benzene rings is 1. The molecule has 3 aromatic heterocycles. The molecule has 2 bridgehead atoms. The Morgan fingerprint density at radius 1 is 1.17 bits per heavy atom. The molecule has 3 heterocycles. The predicted octanol–water partition coefficient (Wildman–Crippen LogP) is 6.68. The molecule has 7 rings (SSSR count). The lowest BCUT2D eigenvalue weighted by Crippen LogP contribution is -2.59. The van der Waals surface area contributed by atoms with Gasteiger partial charge >= 0.3 is 20.0 Å². The fourth-order valence-corrected chi connectivity index (χ4v) is 6.62. The summed E-state index contributed by atoms with van der Waals surface area (Å²) in [6, 6.07) is 8.84. The van der Waals surface area contributed by atoms with E-state index in [0.717, 1.165) is 31.4 Å². The topological polar surface area (TPSA) is 212 Å². The first kappa shape index (κ1) is 40.0. The molecule has 1 aromatic carbocycles. The van der Waals surface area contributed by atoms with Crippen LogP contribution in [0.5, 0.6) is 0 Å². The number of halogens is 4. The highest BCUT2D eigenvalue weighted by Crippen LogP contribution is 2.62. The van der Waals surface area contributed by atoms with E-state index in [9.17, 15) is 37.5 Å². The number of hydroxylamine groups is 1. The molecule has 4 aromatic rings.